The van der Waals surface area contributed by atoms with Gasteiger partial charge in [-0.2, -0.15) is 0 Å². The first-order valence-electron chi connectivity index (χ1n) is 6.16. The fraction of sp³-hybridized carbons (Fsp3) is 0.429. The van der Waals surface area contributed by atoms with E-state index < -0.39 is 24.3 Å². The second-order valence-corrected chi connectivity index (χ2v) is 4.37. The minimum absolute atomic E-state index is 0.0539. The highest BCUT2D eigenvalue weighted by molar-refractivity contribution is 5.78. The van der Waals surface area contributed by atoms with Crippen molar-refractivity contribution in [2.75, 3.05) is 21.3 Å². The predicted molar refractivity (Wildman–Crippen MR) is 73.2 cm³/mol. The molecule has 0 aliphatic carbocycles. The Kier molecular flexibility index (Phi) is 5.83. The van der Waals surface area contributed by atoms with Gasteiger partial charge < -0.3 is 24.4 Å². The number of methoxy groups -OCH3 is 3. The summed E-state index contributed by atoms with van der Waals surface area (Å²) in [4.78, 5) is 21.8. The molecule has 0 aliphatic heterocycles. The summed E-state index contributed by atoms with van der Waals surface area (Å²) < 4.78 is 15.5. The van der Waals surface area contributed by atoms with E-state index in [4.69, 9.17) is 24.4 Å². The van der Waals surface area contributed by atoms with E-state index in [-0.39, 0.29) is 6.42 Å². The van der Waals surface area contributed by atoms with Crippen molar-refractivity contribution in [2.45, 2.75) is 12.8 Å². The Morgan fingerprint density at radius 2 is 1.57 bits per heavy atom. The average molecular weight is 298 g/mol. The van der Waals surface area contributed by atoms with E-state index in [1.54, 1.807) is 12.1 Å². The number of hydrogen-bond donors (Lipinski definition) is 2. The maximum Gasteiger partial charge on any atom is 0.307 e. The molecule has 1 unspecified atom stereocenters. The Balaban J connectivity index is 3.12. The van der Waals surface area contributed by atoms with Crippen LogP contribution in [0.3, 0.4) is 0 Å². The van der Waals surface area contributed by atoms with Crippen LogP contribution in [0.1, 0.15) is 12.0 Å². The van der Waals surface area contributed by atoms with Crippen LogP contribution >= 0.6 is 0 Å². The van der Waals surface area contributed by atoms with Crippen molar-refractivity contribution in [3.05, 3.63) is 17.7 Å². The average Bonchev–Trinajstić information content (AvgIpc) is 2.44. The summed E-state index contributed by atoms with van der Waals surface area (Å²) in [5.41, 5.74) is 0.596. The lowest BCUT2D eigenvalue weighted by Gasteiger charge is -2.16. The monoisotopic (exact) mass is 298 g/mol. The Labute approximate surface area is 122 Å². The van der Waals surface area contributed by atoms with Crippen LogP contribution in [0.5, 0.6) is 17.2 Å². The Hall–Kier alpha value is -2.44. The predicted octanol–water partition coefficient (Wildman–Crippen LogP) is 1.43. The summed E-state index contributed by atoms with van der Waals surface area (Å²) in [5, 5.41) is 17.8. The molecular formula is C14H18O7. The molecule has 0 fully saturated rings. The van der Waals surface area contributed by atoms with Gasteiger partial charge in [0.25, 0.3) is 0 Å². The van der Waals surface area contributed by atoms with Gasteiger partial charge in [-0.25, -0.2) is 0 Å². The van der Waals surface area contributed by atoms with E-state index >= 15 is 0 Å². The first-order valence-corrected chi connectivity index (χ1v) is 6.16. The highest BCUT2D eigenvalue weighted by Crippen LogP contribution is 2.38. The lowest BCUT2D eigenvalue weighted by Crippen LogP contribution is -2.20. The molecule has 0 aromatic heterocycles. The molecule has 0 heterocycles. The SMILES string of the molecule is COc1cc(CC(CC(=O)O)C(=O)O)cc(OC)c1OC. The summed E-state index contributed by atoms with van der Waals surface area (Å²) in [6.45, 7) is 0. The number of carbonyl (C=O) groups is 2. The molecule has 7 heteroatoms. The maximum absolute atomic E-state index is 11.1. The number of carboxylic acids is 2. The van der Waals surface area contributed by atoms with Gasteiger partial charge in [-0.1, -0.05) is 0 Å². The summed E-state index contributed by atoms with van der Waals surface area (Å²) in [7, 11) is 4.37. The largest absolute Gasteiger partial charge is 0.493 e. The van der Waals surface area contributed by atoms with Gasteiger partial charge in [0.15, 0.2) is 11.5 Å². The minimum atomic E-state index is -1.16. The van der Waals surface area contributed by atoms with Crippen LogP contribution < -0.4 is 14.2 Å². The van der Waals surface area contributed by atoms with Crippen molar-refractivity contribution >= 4 is 11.9 Å². The second-order valence-electron chi connectivity index (χ2n) is 4.37. The Bertz CT molecular complexity index is 499. The highest BCUT2D eigenvalue weighted by atomic mass is 16.5. The normalized spacial score (nSPS) is 11.6. The number of rotatable bonds is 8. The van der Waals surface area contributed by atoms with Crippen LogP contribution in [0, 0.1) is 5.92 Å². The van der Waals surface area contributed by atoms with Crippen molar-refractivity contribution in [2.24, 2.45) is 5.92 Å². The molecule has 0 amide bonds. The zero-order valence-electron chi connectivity index (χ0n) is 12.1. The lowest BCUT2D eigenvalue weighted by atomic mass is 9.96. The third-order valence-electron chi connectivity index (χ3n) is 2.98. The summed E-state index contributed by atoms with van der Waals surface area (Å²) >= 11 is 0. The lowest BCUT2D eigenvalue weighted by molar-refractivity contribution is -0.148. The number of ether oxygens (including phenoxy) is 3. The standard InChI is InChI=1S/C14H18O7/c1-19-10-5-8(6-11(20-2)13(10)21-3)4-9(14(17)18)7-12(15)16/h5-6,9H,4,7H2,1-3H3,(H,15,16)(H,17,18). The maximum atomic E-state index is 11.1. The fourth-order valence-corrected chi connectivity index (χ4v) is 2.00. The molecular weight excluding hydrogens is 280 g/mol. The molecule has 1 rings (SSSR count). The molecule has 1 aromatic rings. The van der Waals surface area contributed by atoms with E-state index in [0.717, 1.165) is 0 Å². The van der Waals surface area contributed by atoms with Gasteiger partial charge in [-0.15, -0.1) is 0 Å². The van der Waals surface area contributed by atoms with Gasteiger partial charge in [-0.3, -0.25) is 9.59 Å². The topological polar surface area (TPSA) is 102 Å². The molecule has 0 bridgehead atoms. The molecule has 0 aliphatic rings. The number of hydrogen-bond acceptors (Lipinski definition) is 5. The van der Waals surface area contributed by atoms with Crippen LogP contribution in [-0.2, 0) is 16.0 Å². The van der Waals surface area contributed by atoms with Crippen molar-refractivity contribution in [3.63, 3.8) is 0 Å². The van der Waals surface area contributed by atoms with Gasteiger partial charge in [0.2, 0.25) is 5.75 Å². The van der Waals surface area contributed by atoms with E-state index in [2.05, 4.69) is 0 Å². The molecule has 7 nitrogen and oxygen atoms in total. The molecule has 1 aromatic carbocycles. The Morgan fingerprint density at radius 1 is 1.05 bits per heavy atom. The van der Waals surface area contributed by atoms with Gasteiger partial charge in [0.05, 0.1) is 33.7 Å². The zero-order chi connectivity index (χ0) is 16.0. The van der Waals surface area contributed by atoms with E-state index in [1.165, 1.54) is 21.3 Å². The van der Waals surface area contributed by atoms with Gasteiger partial charge in [0, 0.05) is 0 Å². The van der Waals surface area contributed by atoms with Crippen molar-refractivity contribution in [3.8, 4) is 17.2 Å². The minimum Gasteiger partial charge on any atom is -0.493 e. The van der Waals surface area contributed by atoms with Crippen molar-refractivity contribution < 1.29 is 34.0 Å². The van der Waals surface area contributed by atoms with E-state index in [0.29, 0.717) is 22.8 Å². The van der Waals surface area contributed by atoms with Gasteiger partial charge in [-0.05, 0) is 24.1 Å². The summed E-state index contributed by atoms with van der Waals surface area (Å²) in [6, 6.07) is 3.22. The third kappa shape index (κ3) is 4.27. The second kappa shape index (κ2) is 7.37. The molecule has 2 N–H and O–H groups in total. The highest BCUT2D eigenvalue weighted by Gasteiger charge is 2.23. The summed E-state index contributed by atoms with van der Waals surface area (Å²) in [6.07, 6.45) is -0.398. The first kappa shape index (κ1) is 16.6. The smallest absolute Gasteiger partial charge is 0.307 e. The number of aliphatic carboxylic acids is 2. The molecule has 0 spiro atoms. The van der Waals surface area contributed by atoms with Crippen LogP contribution in [-0.4, -0.2) is 43.5 Å². The van der Waals surface area contributed by atoms with Crippen molar-refractivity contribution in [1.29, 1.82) is 0 Å². The van der Waals surface area contributed by atoms with Gasteiger partial charge >= 0.3 is 11.9 Å². The van der Waals surface area contributed by atoms with Crippen LogP contribution in [0.4, 0.5) is 0 Å². The van der Waals surface area contributed by atoms with Gasteiger partial charge in [0.1, 0.15) is 0 Å². The first-order chi connectivity index (χ1) is 9.92. The van der Waals surface area contributed by atoms with Crippen LogP contribution in [0.2, 0.25) is 0 Å². The van der Waals surface area contributed by atoms with E-state index in [1.807, 2.05) is 0 Å². The quantitative estimate of drug-likeness (QED) is 0.748. The fourth-order valence-electron chi connectivity index (χ4n) is 2.00. The van der Waals surface area contributed by atoms with Crippen LogP contribution in [0.15, 0.2) is 12.1 Å². The molecule has 0 saturated carbocycles. The summed E-state index contributed by atoms with van der Waals surface area (Å²) in [5.74, 6) is -2.15. The zero-order valence-corrected chi connectivity index (χ0v) is 12.1. The number of carboxylic acid groups (broad SMARTS) is 2. The molecule has 1 atom stereocenters. The van der Waals surface area contributed by atoms with Crippen LogP contribution in [0.25, 0.3) is 0 Å². The van der Waals surface area contributed by atoms with Crippen molar-refractivity contribution in [1.82, 2.24) is 0 Å². The molecule has 0 saturated heterocycles. The third-order valence-corrected chi connectivity index (χ3v) is 2.98. The molecule has 21 heavy (non-hydrogen) atoms. The number of benzene rings is 1. The molecule has 0 radical (unpaired) electrons. The van der Waals surface area contributed by atoms with E-state index in [9.17, 15) is 9.59 Å². The Morgan fingerprint density at radius 3 is 1.90 bits per heavy atom. The molecule has 116 valence electrons.